The predicted octanol–water partition coefficient (Wildman–Crippen LogP) is 2.26. The van der Waals surface area contributed by atoms with Crippen molar-refractivity contribution in [1.82, 2.24) is 16.0 Å². The molecule has 1 rings (SSSR count). The Hall–Kier alpha value is -2.65. The molecule has 9 nitrogen and oxygen atoms in total. The third-order valence-electron chi connectivity index (χ3n) is 4.90. The van der Waals surface area contributed by atoms with E-state index < -0.39 is 47.7 Å². The van der Waals surface area contributed by atoms with Gasteiger partial charge in [0.25, 0.3) is 0 Å². The van der Waals surface area contributed by atoms with E-state index in [1.54, 1.807) is 27.7 Å². The fourth-order valence-corrected chi connectivity index (χ4v) is 3.34. The molecule has 0 spiro atoms. The minimum atomic E-state index is -0.681. The minimum absolute atomic E-state index is 0.214. The Bertz CT molecular complexity index is 764. The van der Waals surface area contributed by atoms with Gasteiger partial charge < -0.3 is 25.8 Å². The third kappa shape index (κ3) is 10.7. The molecule has 0 unspecified atom stereocenters. The largest absolute Gasteiger partial charge is 0.468 e. The van der Waals surface area contributed by atoms with Gasteiger partial charge in [0.1, 0.15) is 11.6 Å². The fraction of sp³-hybridized carbons (Fsp3) is 0.625. The van der Waals surface area contributed by atoms with E-state index in [0.717, 1.165) is 5.56 Å². The average molecular weight is 465 g/mol. The second-order valence-electron chi connectivity index (χ2n) is 9.55. The molecule has 0 fully saturated rings. The van der Waals surface area contributed by atoms with Crippen LogP contribution >= 0.6 is 0 Å². The number of benzene rings is 1. The van der Waals surface area contributed by atoms with Gasteiger partial charge in [-0.3, -0.25) is 14.9 Å². The molecule has 0 aromatic heterocycles. The normalized spacial score (nSPS) is 15.3. The lowest BCUT2D eigenvalue weighted by Crippen LogP contribution is -2.57. The minimum Gasteiger partial charge on any atom is -0.468 e. The highest BCUT2D eigenvalue weighted by molar-refractivity contribution is 5.80. The van der Waals surface area contributed by atoms with Gasteiger partial charge in [-0.1, -0.05) is 44.2 Å². The number of alkyl carbamates (subject to hydrolysis) is 1. The van der Waals surface area contributed by atoms with Gasteiger partial charge in [-0.2, -0.15) is 0 Å². The number of hydrogen-bond acceptors (Lipinski definition) is 7. The zero-order valence-corrected chi connectivity index (χ0v) is 20.8. The van der Waals surface area contributed by atoms with Crippen LogP contribution in [0, 0.1) is 5.92 Å². The summed E-state index contributed by atoms with van der Waals surface area (Å²) in [5.41, 5.74) is 5.80. The van der Waals surface area contributed by atoms with E-state index in [-0.39, 0.29) is 12.5 Å². The lowest BCUT2D eigenvalue weighted by molar-refractivity contribution is -0.142. The number of nitrogens with one attached hydrogen (secondary N) is 3. The molecule has 0 aliphatic rings. The molecule has 0 aliphatic carbocycles. The van der Waals surface area contributed by atoms with Gasteiger partial charge in [0, 0.05) is 12.6 Å². The number of amides is 2. The van der Waals surface area contributed by atoms with Crippen molar-refractivity contribution in [2.75, 3.05) is 13.7 Å². The highest BCUT2D eigenvalue weighted by atomic mass is 16.6. The zero-order valence-electron chi connectivity index (χ0n) is 20.8. The number of primary amides is 1. The molecule has 0 heterocycles. The quantitative estimate of drug-likeness (QED) is 0.349. The summed E-state index contributed by atoms with van der Waals surface area (Å²) in [6, 6.07) is 7.06. The van der Waals surface area contributed by atoms with Gasteiger partial charge in [0.2, 0.25) is 5.91 Å². The molecular formula is C24H40N4O5. The Kier molecular flexibility index (Phi) is 11.3. The third-order valence-corrected chi connectivity index (χ3v) is 4.90. The summed E-state index contributed by atoms with van der Waals surface area (Å²) in [6.45, 7) is 11.3. The molecule has 0 saturated carbocycles. The van der Waals surface area contributed by atoms with Crippen LogP contribution in [0.3, 0.4) is 0 Å². The summed E-state index contributed by atoms with van der Waals surface area (Å²) in [4.78, 5) is 36.8. The summed E-state index contributed by atoms with van der Waals surface area (Å²) >= 11 is 0. The number of ether oxygens (including phenoxy) is 2. The first kappa shape index (κ1) is 28.4. The van der Waals surface area contributed by atoms with Crippen LogP contribution < -0.4 is 21.7 Å². The maximum Gasteiger partial charge on any atom is 0.408 e. The summed E-state index contributed by atoms with van der Waals surface area (Å²) in [7, 11) is 1.32. The summed E-state index contributed by atoms with van der Waals surface area (Å²) in [5, 5.41) is 9.35. The standard InChI is InChI=1S/C24H40N4O5/c1-15(2)13-18(21(25)29)27-19(14-26-16(3)22(30)32-7)20(17-11-9-8-10-12-17)28-23(31)33-24(4,5)6/h8-12,15-16,18-20,26-27H,13-14H2,1-7H3,(H2,25,29)(H,28,31)/t16-,18-,19+,20-/m0/s1. The number of methoxy groups -OCH3 is 1. The van der Waals surface area contributed by atoms with E-state index in [1.165, 1.54) is 7.11 Å². The van der Waals surface area contributed by atoms with Gasteiger partial charge >= 0.3 is 12.1 Å². The molecule has 4 atom stereocenters. The van der Waals surface area contributed by atoms with E-state index in [4.69, 9.17) is 15.2 Å². The smallest absolute Gasteiger partial charge is 0.408 e. The van der Waals surface area contributed by atoms with Crippen molar-refractivity contribution in [3.63, 3.8) is 0 Å². The van der Waals surface area contributed by atoms with Crippen molar-refractivity contribution in [3.05, 3.63) is 35.9 Å². The van der Waals surface area contributed by atoms with Crippen LogP contribution in [0.4, 0.5) is 4.79 Å². The van der Waals surface area contributed by atoms with E-state index in [9.17, 15) is 14.4 Å². The number of hydrogen-bond donors (Lipinski definition) is 4. The molecule has 0 aliphatic heterocycles. The van der Waals surface area contributed by atoms with Crippen LogP contribution in [-0.2, 0) is 19.1 Å². The highest BCUT2D eigenvalue weighted by Gasteiger charge is 2.31. The van der Waals surface area contributed by atoms with Crippen molar-refractivity contribution < 1.29 is 23.9 Å². The van der Waals surface area contributed by atoms with Gasteiger partial charge in [0.15, 0.2) is 0 Å². The second-order valence-corrected chi connectivity index (χ2v) is 9.55. The molecule has 1 aromatic carbocycles. The Morgan fingerprint density at radius 3 is 2.15 bits per heavy atom. The monoisotopic (exact) mass is 464 g/mol. The fourth-order valence-electron chi connectivity index (χ4n) is 3.34. The van der Waals surface area contributed by atoms with Crippen LogP contribution in [0.5, 0.6) is 0 Å². The molecule has 1 aromatic rings. The van der Waals surface area contributed by atoms with Gasteiger partial charge in [-0.15, -0.1) is 0 Å². The Labute approximate surface area is 197 Å². The van der Waals surface area contributed by atoms with Crippen molar-refractivity contribution in [2.45, 2.75) is 77.7 Å². The van der Waals surface area contributed by atoms with Gasteiger partial charge in [-0.05, 0) is 45.6 Å². The first-order valence-electron chi connectivity index (χ1n) is 11.2. The van der Waals surface area contributed by atoms with Crippen LogP contribution in [-0.4, -0.2) is 55.4 Å². The molecule has 5 N–H and O–H groups in total. The van der Waals surface area contributed by atoms with Crippen molar-refractivity contribution >= 4 is 18.0 Å². The average Bonchev–Trinajstić information content (AvgIpc) is 2.72. The topological polar surface area (TPSA) is 132 Å². The lowest BCUT2D eigenvalue weighted by Gasteiger charge is -2.33. The molecule has 186 valence electrons. The van der Waals surface area contributed by atoms with Crippen LogP contribution in [0.1, 0.15) is 59.6 Å². The predicted molar refractivity (Wildman–Crippen MR) is 127 cm³/mol. The van der Waals surface area contributed by atoms with E-state index in [2.05, 4.69) is 16.0 Å². The molecule has 0 radical (unpaired) electrons. The number of nitrogens with two attached hydrogens (primary N) is 1. The Morgan fingerprint density at radius 2 is 1.67 bits per heavy atom. The number of carbonyl (C=O) groups excluding carboxylic acids is 3. The lowest BCUT2D eigenvalue weighted by atomic mass is 9.96. The first-order valence-corrected chi connectivity index (χ1v) is 11.2. The van der Waals surface area contributed by atoms with Crippen LogP contribution in [0.2, 0.25) is 0 Å². The summed E-state index contributed by atoms with van der Waals surface area (Å²) in [6.07, 6.45) is -0.0737. The summed E-state index contributed by atoms with van der Waals surface area (Å²) in [5.74, 6) is -0.691. The highest BCUT2D eigenvalue weighted by Crippen LogP contribution is 2.20. The van der Waals surface area contributed by atoms with Crippen LogP contribution in [0.25, 0.3) is 0 Å². The number of esters is 1. The van der Waals surface area contributed by atoms with Crippen molar-refractivity contribution in [3.8, 4) is 0 Å². The van der Waals surface area contributed by atoms with Gasteiger partial charge in [-0.25, -0.2) is 4.79 Å². The first-order chi connectivity index (χ1) is 15.3. The Morgan fingerprint density at radius 1 is 1.06 bits per heavy atom. The maximum atomic E-state index is 12.7. The van der Waals surface area contributed by atoms with E-state index >= 15 is 0 Å². The molecule has 0 bridgehead atoms. The van der Waals surface area contributed by atoms with Crippen LogP contribution in [0.15, 0.2) is 30.3 Å². The molecular weight excluding hydrogens is 424 g/mol. The van der Waals surface area contributed by atoms with E-state index in [1.807, 2.05) is 44.2 Å². The molecule has 33 heavy (non-hydrogen) atoms. The maximum absolute atomic E-state index is 12.7. The molecule has 9 heteroatoms. The Balaban J connectivity index is 3.29. The molecule has 2 amide bonds. The van der Waals surface area contributed by atoms with Crippen molar-refractivity contribution in [1.29, 1.82) is 0 Å². The summed E-state index contributed by atoms with van der Waals surface area (Å²) < 4.78 is 10.3. The second kappa shape index (κ2) is 13.2. The van der Waals surface area contributed by atoms with Crippen molar-refractivity contribution in [2.24, 2.45) is 11.7 Å². The number of rotatable bonds is 12. The van der Waals surface area contributed by atoms with E-state index in [0.29, 0.717) is 6.42 Å². The number of carbonyl (C=O) groups is 3. The van der Waals surface area contributed by atoms with Gasteiger partial charge in [0.05, 0.1) is 19.2 Å². The zero-order chi connectivity index (χ0) is 25.2. The molecule has 0 saturated heterocycles. The SMILES string of the molecule is COC(=O)[C@H](C)NC[C@@H](N[C@@H](CC(C)C)C(N)=O)[C@@H](NC(=O)OC(C)(C)C)c1ccccc1.